The van der Waals surface area contributed by atoms with Crippen LogP contribution in [0.3, 0.4) is 0 Å². The van der Waals surface area contributed by atoms with Crippen LogP contribution in [0.2, 0.25) is 0 Å². The molecule has 7 heavy (non-hydrogen) atoms. The van der Waals surface area contributed by atoms with E-state index in [1.54, 1.807) is 0 Å². The Morgan fingerprint density at radius 2 is 2.14 bits per heavy atom. The van der Waals surface area contributed by atoms with Crippen LogP contribution in [0.5, 0.6) is 0 Å². The third kappa shape index (κ3) is 0.924. The molecular weight excluding hydrogens is 90.1 g/mol. The average molecular weight is 100 g/mol. The molecule has 41 valence electrons. The van der Waals surface area contributed by atoms with Gasteiger partial charge in [0.25, 0.3) is 0 Å². The smallest absolute Gasteiger partial charge is 0.0706 e. The van der Waals surface area contributed by atoms with Crippen LogP contribution in [0, 0.1) is 0 Å². The summed E-state index contributed by atoms with van der Waals surface area (Å²) in [5.74, 6) is 0. The molecule has 0 spiro atoms. The van der Waals surface area contributed by atoms with Gasteiger partial charge in [-0.3, -0.25) is 5.73 Å². The highest BCUT2D eigenvalue weighted by atomic mass is 16.3. The van der Waals surface area contributed by atoms with Crippen molar-refractivity contribution in [1.82, 2.24) is 5.73 Å². The van der Waals surface area contributed by atoms with Gasteiger partial charge in [-0.1, -0.05) is 0 Å². The Kier molecular flexibility index (Phi) is 1.30. The van der Waals surface area contributed by atoms with Crippen LogP contribution in [0.4, 0.5) is 0 Å². The lowest BCUT2D eigenvalue weighted by molar-refractivity contribution is 0.162. The molecule has 2 atom stereocenters. The monoisotopic (exact) mass is 100 g/mol. The van der Waals surface area contributed by atoms with Gasteiger partial charge in [0.1, 0.15) is 0 Å². The Morgan fingerprint density at radius 3 is 2.29 bits per heavy atom. The van der Waals surface area contributed by atoms with Gasteiger partial charge in [0.2, 0.25) is 0 Å². The number of aliphatic hydroxyl groups excluding tert-OH is 1. The van der Waals surface area contributed by atoms with E-state index in [9.17, 15) is 0 Å². The second-order valence-electron chi connectivity index (χ2n) is 2.10. The van der Waals surface area contributed by atoms with E-state index in [1.165, 1.54) is 0 Å². The molecule has 0 bridgehead atoms. The summed E-state index contributed by atoms with van der Waals surface area (Å²) < 4.78 is 0. The third-order valence-corrected chi connectivity index (χ3v) is 1.48. The van der Waals surface area contributed by atoms with Crippen LogP contribution in [0.15, 0.2) is 0 Å². The predicted octanol–water partition coefficient (Wildman–Crippen LogP) is 0.183. The van der Waals surface area contributed by atoms with Gasteiger partial charge >= 0.3 is 0 Å². The maximum absolute atomic E-state index is 8.81. The first-order valence-corrected chi connectivity index (χ1v) is 2.70. The second-order valence-corrected chi connectivity index (χ2v) is 2.10. The molecule has 2 unspecified atom stereocenters. The number of hydrogen-bond acceptors (Lipinski definition) is 1. The minimum Gasteiger partial charge on any atom is -0.391 e. The third-order valence-electron chi connectivity index (χ3n) is 1.48. The fourth-order valence-electron chi connectivity index (χ4n) is 0.940. The molecule has 0 aromatic heterocycles. The molecule has 2 N–H and O–H groups in total. The van der Waals surface area contributed by atoms with Crippen LogP contribution in [-0.2, 0) is 0 Å². The number of rotatable bonds is 0. The van der Waals surface area contributed by atoms with Gasteiger partial charge in [0.05, 0.1) is 6.10 Å². The molecule has 0 aromatic carbocycles. The Labute approximate surface area is 43.3 Å². The topological polar surface area (TPSA) is 44.0 Å². The molecule has 0 heterocycles. The Morgan fingerprint density at radius 1 is 1.43 bits per heavy atom. The van der Waals surface area contributed by atoms with E-state index in [0.717, 1.165) is 19.3 Å². The summed E-state index contributed by atoms with van der Waals surface area (Å²) in [6.07, 6.45) is 2.45. The molecule has 1 radical (unpaired) electrons. The lowest BCUT2D eigenvalue weighted by atomic mass is 10.2. The van der Waals surface area contributed by atoms with Crippen molar-refractivity contribution < 1.29 is 5.11 Å². The van der Waals surface area contributed by atoms with Crippen molar-refractivity contribution in [3.63, 3.8) is 0 Å². The quantitative estimate of drug-likeness (QED) is 0.463. The van der Waals surface area contributed by atoms with Crippen molar-refractivity contribution in [2.75, 3.05) is 0 Å². The first-order chi connectivity index (χ1) is 3.30. The van der Waals surface area contributed by atoms with Crippen molar-refractivity contribution in [1.29, 1.82) is 0 Å². The molecule has 1 aliphatic carbocycles. The van der Waals surface area contributed by atoms with Crippen molar-refractivity contribution in [3.05, 3.63) is 0 Å². The first kappa shape index (κ1) is 5.06. The highest BCUT2D eigenvalue weighted by Gasteiger charge is 2.20. The molecule has 1 fully saturated rings. The van der Waals surface area contributed by atoms with Crippen LogP contribution >= 0.6 is 0 Å². The van der Waals surface area contributed by atoms with Gasteiger partial charge in [-0.2, -0.15) is 0 Å². The van der Waals surface area contributed by atoms with Gasteiger partial charge in [-0.05, 0) is 19.3 Å². The van der Waals surface area contributed by atoms with E-state index >= 15 is 0 Å². The fraction of sp³-hybridized carbons (Fsp3) is 1.00. The van der Waals surface area contributed by atoms with E-state index in [1.807, 2.05) is 0 Å². The molecular formula is C5H10NO. The zero-order valence-corrected chi connectivity index (χ0v) is 4.22. The summed E-state index contributed by atoms with van der Waals surface area (Å²) in [4.78, 5) is 0. The van der Waals surface area contributed by atoms with Gasteiger partial charge in [-0.25, -0.2) is 0 Å². The van der Waals surface area contributed by atoms with Crippen molar-refractivity contribution >= 4 is 0 Å². The zero-order chi connectivity index (χ0) is 5.28. The molecule has 1 rings (SSSR count). The predicted molar refractivity (Wildman–Crippen MR) is 26.7 cm³/mol. The highest BCUT2D eigenvalue weighted by molar-refractivity contribution is 4.77. The minimum atomic E-state index is -0.319. The molecule has 1 aliphatic rings. The Hall–Kier alpha value is -0.0800. The first-order valence-electron chi connectivity index (χ1n) is 2.70. The normalized spacial score (nSPS) is 42.0. The van der Waals surface area contributed by atoms with Gasteiger partial charge < -0.3 is 5.11 Å². The summed E-state index contributed by atoms with van der Waals surface area (Å²) in [6.45, 7) is 0. The van der Waals surface area contributed by atoms with Crippen molar-refractivity contribution in [2.24, 2.45) is 0 Å². The summed E-state index contributed by atoms with van der Waals surface area (Å²) in [5.41, 5.74) is 7.09. The van der Waals surface area contributed by atoms with Gasteiger partial charge in [0, 0.05) is 6.04 Å². The maximum Gasteiger partial charge on any atom is 0.0706 e. The van der Waals surface area contributed by atoms with E-state index in [4.69, 9.17) is 10.8 Å². The molecule has 0 aromatic rings. The van der Waals surface area contributed by atoms with E-state index in [0.29, 0.717) is 0 Å². The van der Waals surface area contributed by atoms with Crippen molar-refractivity contribution in [3.8, 4) is 0 Å². The summed E-state index contributed by atoms with van der Waals surface area (Å²) in [7, 11) is 0. The lowest BCUT2D eigenvalue weighted by Gasteiger charge is -2.03. The average Bonchev–Trinajstić information content (AvgIpc) is 1.91. The van der Waals surface area contributed by atoms with E-state index in [2.05, 4.69) is 0 Å². The van der Waals surface area contributed by atoms with Crippen molar-refractivity contribution in [2.45, 2.75) is 31.4 Å². The fourth-order valence-corrected chi connectivity index (χ4v) is 0.940. The Bertz CT molecular complexity index is 57.1. The summed E-state index contributed by atoms with van der Waals surface area (Å²) in [5, 5.41) is 8.81. The Balaban J connectivity index is 2.33. The number of nitrogens with one attached hydrogen (secondary N) is 1. The van der Waals surface area contributed by atoms with Crippen LogP contribution in [0.1, 0.15) is 19.3 Å². The zero-order valence-electron chi connectivity index (χ0n) is 4.22. The van der Waals surface area contributed by atoms with Crippen LogP contribution in [0.25, 0.3) is 0 Å². The standard InChI is InChI=1S/C5H10NO/c6-4-2-1-3-5(4)7/h4-7H,1-3H2. The molecule has 1 saturated carbocycles. The molecule has 0 saturated heterocycles. The minimum absolute atomic E-state index is 0.181. The van der Waals surface area contributed by atoms with E-state index < -0.39 is 0 Å². The summed E-state index contributed by atoms with van der Waals surface area (Å²) in [6, 6.07) is -0.181. The maximum atomic E-state index is 8.81. The second kappa shape index (κ2) is 1.80. The SMILES string of the molecule is [NH]C1CCCC1O. The number of hydrogen-bond donors (Lipinski definition) is 1. The molecule has 0 aliphatic heterocycles. The number of aliphatic hydroxyl groups is 1. The lowest BCUT2D eigenvalue weighted by Crippen LogP contribution is -2.19. The van der Waals surface area contributed by atoms with E-state index in [-0.39, 0.29) is 12.1 Å². The highest BCUT2D eigenvalue weighted by Crippen LogP contribution is 2.17. The molecule has 2 heteroatoms. The molecule has 2 nitrogen and oxygen atoms in total. The van der Waals surface area contributed by atoms with Gasteiger partial charge in [0.15, 0.2) is 0 Å². The van der Waals surface area contributed by atoms with Crippen LogP contribution in [-0.4, -0.2) is 17.3 Å². The van der Waals surface area contributed by atoms with Gasteiger partial charge in [-0.15, -0.1) is 0 Å². The molecule has 0 amide bonds. The largest absolute Gasteiger partial charge is 0.391 e. The summed E-state index contributed by atoms with van der Waals surface area (Å²) >= 11 is 0. The van der Waals surface area contributed by atoms with Crippen LogP contribution < -0.4 is 5.73 Å².